The first-order valence-electron chi connectivity index (χ1n) is 14.8. The molecule has 0 bridgehead atoms. The lowest BCUT2D eigenvalue weighted by molar-refractivity contribution is 0.669. The molecule has 0 unspecified atom stereocenters. The van der Waals surface area contributed by atoms with Crippen molar-refractivity contribution in [2.75, 3.05) is 0 Å². The predicted octanol–water partition coefficient (Wildman–Crippen LogP) is 11.0. The summed E-state index contributed by atoms with van der Waals surface area (Å²) in [6, 6.07) is 52.6. The molecule has 0 saturated heterocycles. The lowest BCUT2D eigenvalue weighted by Crippen LogP contribution is -1.96. The van der Waals surface area contributed by atoms with Crippen molar-refractivity contribution < 1.29 is 4.42 Å². The second-order valence-electron chi connectivity index (χ2n) is 11.1. The summed E-state index contributed by atoms with van der Waals surface area (Å²) in [6.07, 6.45) is 0. The van der Waals surface area contributed by atoms with E-state index in [2.05, 4.69) is 110 Å². The van der Waals surface area contributed by atoms with Crippen LogP contribution >= 0.6 is 0 Å². The molecule has 0 aliphatic rings. The average Bonchev–Trinajstić information content (AvgIpc) is 3.47. The van der Waals surface area contributed by atoms with Gasteiger partial charge in [-0.25, -0.2) is 9.97 Å². The number of furan rings is 1. The van der Waals surface area contributed by atoms with Crippen molar-refractivity contribution in [2.45, 2.75) is 6.92 Å². The highest BCUT2D eigenvalue weighted by atomic mass is 16.3. The number of aryl methyl sites for hydroxylation is 1. The molecule has 8 rings (SSSR count). The molecule has 6 aromatic carbocycles. The number of rotatable bonds is 5. The van der Waals surface area contributed by atoms with E-state index in [1.807, 2.05) is 48.5 Å². The van der Waals surface area contributed by atoms with Crippen LogP contribution in [0.25, 0.3) is 78.1 Å². The van der Waals surface area contributed by atoms with Crippen molar-refractivity contribution in [3.05, 3.63) is 157 Å². The summed E-state index contributed by atoms with van der Waals surface area (Å²) in [5, 5.41) is 2.28. The summed E-state index contributed by atoms with van der Waals surface area (Å²) >= 11 is 0. The summed E-state index contributed by atoms with van der Waals surface area (Å²) in [7, 11) is 0. The predicted molar refractivity (Wildman–Crippen MR) is 181 cm³/mol. The Morgan fingerprint density at radius 1 is 0.409 bits per heavy atom. The van der Waals surface area contributed by atoms with Crippen LogP contribution in [0.3, 0.4) is 0 Å². The molecule has 0 fully saturated rings. The molecule has 0 atom stereocenters. The smallest absolute Gasteiger partial charge is 0.160 e. The lowest BCUT2D eigenvalue weighted by atomic mass is 9.95. The van der Waals surface area contributed by atoms with Gasteiger partial charge in [-0.2, -0.15) is 0 Å². The molecule has 8 aromatic rings. The SMILES string of the molecule is Cc1ccc(-c2nc(-c3ccccc3)cc(-c3ccccc3)n2)cc1-c1ccc(-c2ccc3oc4ccccc4c3c2)cc1. The van der Waals surface area contributed by atoms with Gasteiger partial charge in [-0.15, -0.1) is 0 Å². The van der Waals surface area contributed by atoms with Crippen LogP contribution in [-0.2, 0) is 0 Å². The minimum Gasteiger partial charge on any atom is -0.456 e. The summed E-state index contributed by atoms with van der Waals surface area (Å²) in [5.41, 5.74) is 12.6. The second kappa shape index (κ2) is 10.8. The Kier molecular flexibility index (Phi) is 6.35. The van der Waals surface area contributed by atoms with Crippen molar-refractivity contribution in [3.8, 4) is 56.2 Å². The summed E-state index contributed by atoms with van der Waals surface area (Å²) in [4.78, 5) is 10.1. The topological polar surface area (TPSA) is 38.9 Å². The van der Waals surface area contributed by atoms with Gasteiger partial charge < -0.3 is 4.42 Å². The molecule has 208 valence electrons. The van der Waals surface area contributed by atoms with Gasteiger partial charge in [-0.05, 0) is 65.1 Å². The molecule has 2 aromatic heterocycles. The third-order valence-electron chi connectivity index (χ3n) is 8.27. The number of fused-ring (bicyclic) bond motifs is 3. The van der Waals surface area contributed by atoms with Crippen molar-refractivity contribution in [3.63, 3.8) is 0 Å². The zero-order valence-corrected chi connectivity index (χ0v) is 24.2. The van der Waals surface area contributed by atoms with Crippen LogP contribution in [-0.4, -0.2) is 9.97 Å². The maximum Gasteiger partial charge on any atom is 0.160 e. The normalized spacial score (nSPS) is 11.3. The Labute approximate surface area is 256 Å². The Bertz CT molecular complexity index is 2210. The fourth-order valence-corrected chi connectivity index (χ4v) is 5.91. The highest BCUT2D eigenvalue weighted by molar-refractivity contribution is 6.06. The van der Waals surface area contributed by atoms with E-state index in [-0.39, 0.29) is 0 Å². The number of para-hydroxylation sites is 1. The molecular formula is C41H28N2O. The van der Waals surface area contributed by atoms with Crippen LogP contribution in [0.1, 0.15) is 5.56 Å². The number of hydrogen-bond donors (Lipinski definition) is 0. The third kappa shape index (κ3) is 4.75. The number of nitrogens with zero attached hydrogens (tertiary/aromatic N) is 2. The fraction of sp³-hybridized carbons (Fsp3) is 0.0244. The first-order valence-corrected chi connectivity index (χ1v) is 14.8. The van der Waals surface area contributed by atoms with E-state index in [0.29, 0.717) is 5.82 Å². The molecule has 0 spiro atoms. The maximum absolute atomic E-state index is 6.04. The molecule has 2 heterocycles. The molecule has 44 heavy (non-hydrogen) atoms. The molecule has 0 aliphatic carbocycles. The molecule has 0 aliphatic heterocycles. The van der Waals surface area contributed by atoms with Gasteiger partial charge in [0.1, 0.15) is 11.2 Å². The van der Waals surface area contributed by atoms with Gasteiger partial charge in [0.05, 0.1) is 11.4 Å². The number of hydrogen-bond acceptors (Lipinski definition) is 3. The first-order chi connectivity index (χ1) is 21.7. The minimum absolute atomic E-state index is 0.712. The molecule has 0 saturated carbocycles. The van der Waals surface area contributed by atoms with E-state index in [1.165, 1.54) is 22.3 Å². The van der Waals surface area contributed by atoms with Gasteiger partial charge in [-0.3, -0.25) is 0 Å². The van der Waals surface area contributed by atoms with Crippen molar-refractivity contribution in [1.29, 1.82) is 0 Å². The Morgan fingerprint density at radius 3 is 1.68 bits per heavy atom. The average molecular weight is 565 g/mol. The van der Waals surface area contributed by atoms with Crippen molar-refractivity contribution in [2.24, 2.45) is 0 Å². The van der Waals surface area contributed by atoms with E-state index in [9.17, 15) is 0 Å². The molecule has 0 N–H and O–H groups in total. The molecule has 3 heteroatoms. The molecule has 0 amide bonds. The van der Waals surface area contributed by atoms with E-state index >= 15 is 0 Å². The minimum atomic E-state index is 0.712. The van der Waals surface area contributed by atoms with Gasteiger partial charge in [0, 0.05) is 27.5 Å². The van der Waals surface area contributed by atoms with Crippen LogP contribution in [0.2, 0.25) is 0 Å². The first kappa shape index (κ1) is 25.9. The molecule has 0 radical (unpaired) electrons. The number of aromatic nitrogens is 2. The van der Waals surface area contributed by atoms with E-state index < -0.39 is 0 Å². The third-order valence-corrected chi connectivity index (χ3v) is 8.27. The zero-order valence-electron chi connectivity index (χ0n) is 24.2. The Balaban J connectivity index is 1.18. The molecular weight excluding hydrogens is 536 g/mol. The second-order valence-corrected chi connectivity index (χ2v) is 11.1. The van der Waals surface area contributed by atoms with E-state index in [1.54, 1.807) is 0 Å². The van der Waals surface area contributed by atoms with Gasteiger partial charge >= 0.3 is 0 Å². The molecule has 3 nitrogen and oxygen atoms in total. The van der Waals surface area contributed by atoms with Crippen LogP contribution in [0, 0.1) is 6.92 Å². The van der Waals surface area contributed by atoms with Gasteiger partial charge in [0.25, 0.3) is 0 Å². The quantitative estimate of drug-likeness (QED) is 0.209. The maximum atomic E-state index is 6.04. The van der Waals surface area contributed by atoms with Gasteiger partial charge in [0.15, 0.2) is 5.82 Å². The van der Waals surface area contributed by atoms with Gasteiger partial charge in [0.2, 0.25) is 0 Å². The van der Waals surface area contributed by atoms with Crippen LogP contribution in [0.5, 0.6) is 0 Å². The van der Waals surface area contributed by atoms with Crippen LogP contribution in [0.4, 0.5) is 0 Å². The van der Waals surface area contributed by atoms with E-state index in [4.69, 9.17) is 14.4 Å². The highest BCUT2D eigenvalue weighted by Gasteiger charge is 2.13. The van der Waals surface area contributed by atoms with Crippen LogP contribution in [0.15, 0.2) is 156 Å². The van der Waals surface area contributed by atoms with E-state index in [0.717, 1.165) is 55.6 Å². The standard InChI is InChI=1S/C41H28N2O/c1-27-16-17-33(41-42-37(30-10-4-2-5-11-30)26-38(43-41)31-12-6-3-7-13-31)25-35(27)29-20-18-28(19-21-29)32-22-23-40-36(24-32)34-14-8-9-15-39(34)44-40/h2-26H,1H3. The van der Waals surface area contributed by atoms with Crippen molar-refractivity contribution >= 4 is 21.9 Å². The largest absolute Gasteiger partial charge is 0.456 e. The van der Waals surface area contributed by atoms with Crippen molar-refractivity contribution in [1.82, 2.24) is 9.97 Å². The lowest BCUT2D eigenvalue weighted by Gasteiger charge is -2.12. The summed E-state index contributed by atoms with van der Waals surface area (Å²) in [6.45, 7) is 2.15. The summed E-state index contributed by atoms with van der Waals surface area (Å²) in [5.74, 6) is 0.712. The van der Waals surface area contributed by atoms with Crippen LogP contribution < -0.4 is 0 Å². The summed E-state index contributed by atoms with van der Waals surface area (Å²) < 4.78 is 6.04. The monoisotopic (exact) mass is 564 g/mol. The highest BCUT2D eigenvalue weighted by Crippen LogP contribution is 2.35. The Morgan fingerprint density at radius 2 is 0.977 bits per heavy atom. The van der Waals surface area contributed by atoms with Gasteiger partial charge in [-0.1, -0.05) is 121 Å². The Hall–Kier alpha value is -5.80. The zero-order chi connectivity index (χ0) is 29.5. The fourth-order valence-electron chi connectivity index (χ4n) is 5.91. The number of benzene rings is 6.